The lowest BCUT2D eigenvalue weighted by molar-refractivity contribution is 0.0898. The van der Waals surface area contributed by atoms with Gasteiger partial charge in [0, 0.05) is 6.54 Å². The second-order valence-electron chi connectivity index (χ2n) is 13.0. The molecular weight excluding hydrogens is 510 g/mol. The maximum atomic E-state index is 13.2. The number of ether oxygens (including phenoxy) is 1. The molecule has 1 rings (SSSR count). The molecule has 0 aliphatic carbocycles. The number of amides is 1. The van der Waals surface area contributed by atoms with E-state index in [2.05, 4.69) is 53.9 Å². The van der Waals surface area contributed by atoms with E-state index >= 15 is 0 Å². The highest BCUT2D eigenvalue weighted by Gasteiger charge is 2.40. The molecule has 0 saturated carbocycles. The molecule has 40 heavy (non-hydrogen) atoms. The second-order valence-corrected chi connectivity index (χ2v) is 17.7. The summed E-state index contributed by atoms with van der Waals surface area (Å²) >= 11 is 0. The van der Waals surface area contributed by atoms with Crippen LogP contribution >= 0.6 is 0 Å². The van der Waals surface area contributed by atoms with Gasteiger partial charge in [0.15, 0.2) is 8.32 Å². The van der Waals surface area contributed by atoms with Crippen molar-refractivity contribution in [1.29, 1.82) is 0 Å². The number of rotatable bonds is 21. The zero-order chi connectivity index (χ0) is 30.0. The van der Waals surface area contributed by atoms with Crippen LogP contribution in [-0.2, 0) is 15.8 Å². The van der Waals surface area contributed by atoms with Crippen LogP contribution in [0, 0.1) is 0 Å². The lowest BCUT2D eigenvalue weighted by Crippen LogP contribution is -2.46. The molecule has 0 radical (unpaired) electrons. The van der Waals surface area contributed by atoms with Gasteiger partial charge in [-0.1, -0.05) is 141 Å². The minimum atomic E-state index is -2.02. The topological polar surface area (TPSA) is 38.8 Å². The third-order valence-electron chi connectivity index (χ3n) is 8.41. The lowest BCUT2D eigenvalue weighted by atomic mass is 10.0. The van der Waals surface area contributed by atoms with Crippen LogP contribution in [0.25, 0.3) is 0 Å². The molecule has 2 atom stereocenters. The number of carbonyl (C=O) groups is 1. The molecule has 0 unspecified atom stereocenters. The lowest BCUT2D eigenvalue weighted by Gasteiger charge is -2.40. The zero-order valence-electron chi connectivity index (χ0n) is 27.1. The average Bonchev–Trinajstić information content (AvgIpc) is 2.92. The van der Waals surface area contributed by atoms with Crippen LogP contribution in [0.3, 0.4) is 0 Å². The van der Waals surface area contributed by atoms with Gasteiger partial charge in [0.2, 0.25) is 0 Å². The van der Waals surface area contributed by atoms with Gasteiger partial charge in [0.25, 0.3) is 0 Å². The van der Waals surface area contributed by atoms with Crippen LogP contribution in [0.1, 0.15) is 117 Å². The quantitative estimate of drug-likeness (QED) is 0.0836. The fraction of sp³-hybridized carbons (Fsp3) is 0.686. The van der Waals surface area contributed by atoms with Crippen molar-refractivity contribution in [3.05, 3.63) is 60.7 Å². The summed E-state index contributed by atoms with van der Waals surface area (Å²) in [6.07, 6.45) is 16.8. The van der Waals surface area contributed by atoms with E-state index in [9.17, 15) is 4.79 Å². The largest absolute Gasteiger partial charge is 0.445 e. The summed E-state index contributed by atoms with van der Waals surface area (Å²) in [6.45, 7) is 24.7. The Morgan fingerprint density at radius 3 is 1.98 bits per heavy atom. The molecule has 0 aliphatic rings. The van der Waals surface area contributed by atoms with Gasteiger partial charge in [-0.05, 0) is 42.6 Å². The molecule has 0 saturated heterocycles. The molecular formula is C35H61NO3Si. The van der Waals surface area contributed by atoms with E-state index in [1.807, 2.05) is 37.3 Å². The molecule has 0 aliphatic heterocycles. The van der Waals surface area contributed by atoms with E-state index in [1.165, 1.54) is 64.2 Å². The van der Waals surface area contributed by atoms with E-state index in [1.54, 1.807) is 11.0 Å². The first-order valence-electron chi connectivity index (χ1n) is 15.9. The van der Waals surface area contributed by atoms with Crippen molar-refractivity contribution in [3.63, 3.8) is 0 Å². The summed E-state index contributed by atoms with van der Waals surface area (Å²) in [4.78, 5) is 14.9. The molecule has 0 heterocycles. The van der Waals surface area contributed by atoms with Gasteiger partial charge in [-0.3, -0.25) is 4.90 Å². The summed E-state index contributed by atoms with van der Waals surface area (Å²) in [5, 5.41) is 0.103. The predicted molar refractivity (Wildman–Crippen MR) is 175 cm³/mol. The summed E-state index contributed by atoms with van der Waals surface area (Å²) in [5.74, 6) is 0. The summed E-state index contributed by atoms with van der Waals surface area (Å²) < 4.78 is 12.6. The third kappa shape index (κ3) is 14.2. The van der Waals surface area contributed by atoms with Crippen LogP contribution in [0.15, 0.2) is 55.1 Å². The summed E-state index contributed by atoms with van der Waals surface area (Å²) in [7, 11) is -2.02. The summed E-state index contributed by atoms with van der Waals surface area (Å²) in [6, 6.07) is 9.61. The maximum absolute atomic E-state index is 13.2. The monoisotopic (exact) mass is 571 g/mol. The van der Waals surface area contributed by atoms with Crippen LogP contribution in [0.5, 0.6) is 0 Å². The normalized spacial score (nSPS) is 13.5. The van der Waals surface area contributed by atoms with Crippen molar-refractivity contribution >= 4 is 14.4 Å². The van der Waals surface area contributed by atoms with Crippen molar-refractivity contribution < 1.29 is 14.0 Å². The first-order valence-corrected chi connectivity index (χ1v) is 18.8. The highest BCUT2D eigenvalue weighted by atomic mass is 28.4. The Kier molecular flexibility index (Phi) is 17.5. The number of carbonyl (C=O) groups excluding carboxylic acids is 1. The average molecular weight is 572 g/mol. The van der Waals surface area contributed by atoms with Gasteiger partial charge < -0.3 is 9.16 Å². The van der Waals surface area contributed by atoms with Crippen molar-refractivity contribution in [3.8, 4) is 0 Å². The third-order valence-corrected chi connectivity index (χ3v) is 12.9. The minimum absolute atomic E-state index is 0.0686. The van der Waals surface area contributed by atoms with Gasteiger partial charge in [0.05, 0.1) is 12.1 Å². The minimum Gasteiger partial charge on any atom is -0.445 e. The number of unbranched alkanes of at least 4 members (excludes halogenated alkanes) is 10. The Hall–Kier alpha value is -1.85. The highest BCUT2D eigenvalue weighted by Crippen LogP contribution is 2.38. The fourth-order valence-corrected chi connectivity index (χ4v) is 5.85. The molecule has 0 aromatic heterocycles. The number of hydrogen-bond donors (Lipinski definition) is 0. The fourth-order valence-electron chi connectivity index (χ4n) is 4.50. The van der Waals surface area contributed by atoms with Gasteiger partial charge in [-0.25, -0.2) is 4.79 Å². The van der Waals surface area contributed by atoms with Crippen LogP contribution in [-0.4, -0.2) is 38.0 Å². The second kappa shape index (κ2) is 19.3. The maximum Gasteiger partial charge on any atom is 0.410 e. The zero-order valence-corrected chi connectivity index (χ0v) is 28.1. The Bertz CT molecular complexity index is 846. The van der Waals surface area contributed by atoms with Crippen LogP contribution in [0.2, 0.25) is 18.1 Å². The molecule has 228 valence electrons. The van der Waals surface area contributed by atoms with Crippen LogP contribution < -0.4 is 0 Å². The molecule has 0 fully saturated rings. The first-order chi connectivity index (χ1) is 18.9. The van der Waals surface area contributed by atoms with Crippen molar-refractivity contribution in [1.82, 2.24) is 4.90 Å². The number of benzene rings is 1. The highest BCUT2D eigenvalue weighted by molar-refractivity contribution is 6.74. The summed E-state index contributed by atoms with van der Waals surface area (Å²) in [5.41, 5.74) is 1.92. The molecule has 1 aromatic rings. The Balaban J connectivity index is 2.74. The van der Waals surface area contributed by atoms with Gasteiger partial charge in [0.1, 0.15) is 6.61 Å². The van der Waals surface area contributed by atoms with E-state index < -0.39 is 8.32 Å². The molecule has 0 bridgehead atoms. The van der Waals surface area contributed by atoms with Crippen molar-refractivity contribution in [2.24, 2.45) is 0 Å². The molecule has 1 amide bonds. The molecule has 0 N–H and O–H groups in total. The Labute approximate surface area is 248 Å². The molecule has 5 heteroatoms. The molecule has 1 aromatic carbocycles. The predicted octanol–water partition coefficient (Wildman–Crippen LogP) is 10.8. The van der Waals surface area contributed by atoms with E-state index in [0.29, 0.717) is 6.54 Å². The smallest absolute Gasteiger partial charge is 0.410 e. The number of hydrogen-bond acceptors (Lipinski definition) is 3. The van der Waals surface area contributed by atoms with Crippen molar-refractivity contribution in [2.45, 2.75) is 149 Å². The molecule has 4 nitrogen and oxygen atoms in total. The Morgan fingerprint density at radius 2 is 1.48 bits per heavy atom. The van der Waals surface area contributed by atoms with Gasteiger partial charge >= 0.3 is 6.09 Å². The first kappa shape index (κ1) is 36.2. The molecule has 0 spiro atoms. The van der Waals surface area contributed by atoms with E-state index in [0.717, 1.165) is 24.0 Å². The van der Waals surface area contributed by atoms with E-state index in [4.69, 9.17) is 9.16 Å². The standard InChI is InChI=1S/C35H61NO3Si/c1-10-12-13-14-15-16-17-18-19-20-24-27-33(39-40(8,9)35(5,6)7)30(3)28-36(31(4)11-2)34(37)38-29-32-25-22-21-23-26-32/h11,21-23,25-26,31,33H,2-3,10,12-20,24,27-29H2,1,4-9H3/t31-,33+/m0/s1. The van der Waals surface area contributed by atoms with Crippen molar-refractivity contribution in [2.75, 3.05) is 6.54 Å². The number of nitrogens with zero attached hydrogens (tertiary/aromatic N) is 1. The van der Waals surface area contributed by atoms with Crippen LogP contribution in [0.4, 0.5) is 4.79 Å². The van der Waals surface area contributed by atoms with Gasteiger partial charge in [-0.2, -0.15) is 0 Å². The van der Waals surface area contributed by atoms with E-state index in [-0.39, 0.29) is 29.9 Å². The SMILES string of the molecule is C=C[C@H](C)N(CC(=C)[C@@H](CCCCCCCCCCCCC)O[Si](C)(C)C(C)(C)C)C(=O)OCc1ccccc1. The van der Waals surface area contributed by atoms with Gasteiger partial charge in [-0.15, -0.1) is 6.58 Å². The Morgan fingerprint density at radius 1 is 0.950 bits per heavy atom.